The largest absolute Gasteiger partial charge is 0.325 e. The van der Waals surface area contributed by atoms with Crippen LogP contribution in [0.3, 0.4) is 0 Å². The molecule has 0 aliphatic rings. The van der Waals surface area contributed by atoms with Crippen molar-refractivity contribution >= 4 is 66.7 Å². The molecule has 0 unspecified atom stereocenters. The molecule has 4 rings (SSSR count). The van der Waals surface area contributed by atoms with Crippen molar-refractivity contribution in [2.45, 2.75) is 32.0 Å². The van der Waals surface area contributed by atoms with Gasteiger partial charge in [-0.15, -0.1) is 11.3 Å². The van der Waals surface area contributed by atoms with Gasteiger partial charge >= 0.3 is 0 Å². The Labute approximate surface area is 192 Å². The topological polar surface area (TPSA) is 76.9 Å². The predicted octanol–water partition coefficient (Wildman–Crippen LogP) is 5.44. The molecule has 0 atom stereocenters. The Morgan fingerprint density at radius 2 is 2.13 bits per heavy atom. The van der Waals surface area contributed by atoms with E-state index in [-0.39, 0.29) is 17.2 Å². The second kappa shape index (κ2) is 9.38. The summed E-state index contributed by atoms with van der Waals surface area (Å²) in [6.45, 7) is 4.79. The summed E-state index contributed by atoms with van der Waals surface area (Å²) in [5.74, 6) is 0.386. The van der Waals surface area contributed by atoms with E-state index in [2.05, 4.69) is 24.1 Å². The zero-order chi connectivity index (χ0) is 22.0. The molecule has 0 aliphatic carbocycles. The van der Waals surface area contributed by atoms with Crippen molar-refractivity contribution in [3.8, 4) is 0 Å². The van der Waals surface area contributed by atoms with Crippen molar-refractivity contribution in [1.82, 2.24) is 14.5 Å². The molecule has 0 radical (unpaired) electrons. The van der Waals surface area contributed by atoms with E-state index >= 15 is 0 Å². The number of rotatable bonds is 7. The summed E-state index contributed by atoms with van der Waals surface area (Å²) in [4.78, 5) is 35.7. The summed E-state index contributed by atoms with van der Waals surface area (Å²) in [6, 6.07) is 10.8. The van der Waals surface area contributed by atoms with Crippen molar-refractivity contribution in [1.29, 1.82) is 0 Å². The number of halogens is 1. The fourth-order valence-corrected chi connectivity index (χ4v) is 5.17. The molecule has 3 heterocycles. The molecule has 0 saturated carbocycles. The Morgan fingerprint density at radius 3 is 2.90 bits per heavy atom. The van der Waals surface area contributed by atoms with Gasteiger partial charge in [0.15, 0.2) is 5.16 Å². The normalized spacial score (nSPS) is 11.5. The first-order chi connectivity index (χ1) is 14.9. The summed E-state index contributed by atoms with van der Waals surface area (Å²) in [7, 11) is 0. The molecule has 4 aromatic rings. The zero-order valence-electron chi connectivity index (χ0n) is 17.1. The van der Waals surface area contributed by atoms with Gasteiger partial charge in [-0.05, 0) is 42.7 Å². The third kappa shape index (κ3) is 4.92. The number of hydrogen-bond donors (Lipinski definition) is 1. The van der Waals surface area contributed by atoms with Gasteiger partial charge in [-0.2, -0.15) is 0 Å². The lowest BCUT2D eigenvalue weighted by atomic mass is 10.1. The molecular formula is C22H21ClN4O2S2. The maximum absolute atomic E-state index is 13.3. The summed E-state index contributed by atoms with van der Waals surface area (Å²) < 4.78 is 2.29. The highest BCUT2D eigenvalue weighted by molar-refractivity contribution is 7.99. The quantitative estimate of drug-likeness (QED) is 0.286. The number of thioether (sulfide) groups is 1. The van der Waals surface area contributed by atoms with Crippen LogP contribution in [0, 0.1) is 5.92 Å². The molecule has 0 fully saturated rings. The SMILES string of the molecule is CC(C)CCn1c(SCC(=O)Nc2cccc(Cl)c2)nc2c(sc3ncccc32)c1=O. The van der Waals surface area contributed by atoms with Crippen molar-refractivity contribution in [2.75, 3.05) is 11.1 Å². The number of anilines is 1. The summed E-state index contributed by atoms with van der Waals surface area (Å²) in [5.41, 5.74) is 1.21. The molecule has 1 aromatic carbocycles. The molecule has 0 bridgehead atoms. The van der Waals surface area contributed by atoms with Crippen LogP contribution in [-0.2, 0) is 11.3 Å². The highest BCUT2D eigenvalue weighted by Crippen LogP contribution is 2.30. The van der Waals surface area contributed by atoms with Gasteiger partial charge in [0.1, 0.15) is 9.53 Å². The van der Waals surface area contributed by atoms with E-state index in [1.165, 1.54) is 23.1 Å². The van der Waals surface area contributed by atoms with Crippen molar-refractivity contribution < 1.29 is 4.79 Å². The van der Waals surface area contributed by atoms with Crippen LogP contribution in [0.15, 0.2) is 52.5 Å². The average molecular weight is 473 g/mol. The number of hydrogen-bond acceptors (Lipinski definition) is 6. The molecular weight excluding hydrogens is 452 g/mol. The molecule has 3 aromatic heterocycles. The minimum Gasteiger partial charge on any atom is -0.325 e. The number of carbonyl (C=O) groups is 1. The van der Waals surface area contributed by atoms with Crippen LogP contribution in [-0.4, -0.2) is 26.2 Å². The van der Waals surface area contributed by atoms with Crippen LogP contribution < -0.4 is 10.9 Å². The Kier molecular flexibility index (Phi) is 6.60. The lowest BCUT2D eigenvalue weighted by molar-refractivity contribution is -0.113. The third-order valence-corrected chi connectivity index (χ3v) is 6.99. The van der Waals surface area contributed by atoms with Crippen LogP contribution in [0.1, 0.15) is 20.3 Å². The van der Waals surface area contributed by atoms with Crippen molar-refractivity contribution in [2.24, 2.45) is 5.92 Å². The van der Waals surface area contributed by atoms with Gasteiger partial charge in [-0.1, -0.05) is 43.3 Å². The Morgan fingerprint density at radius 1 is 1.29 bits per heavy atom. The van der Waals surface area contributed by atoms with Crippen LogP contribution in [0.25, 0.3) is 20.4 Å². The molecule has 1 amide bonds. The van der Waals surface area contributed by atoms with Gasteiger partial charge in [-0.25, -0.2) is 9.97 Å². The highest BCUT2D eigenvalue weighted by atomic mass is 35.5. The highest BCUT2D eigenvalue weighted by Gasteiger charge is 2.18. The number of aromatic nitrogens is 3. The lowest BCUT2D eigenvalue weighted by Gasteiger charge is -2.13. The number of carbonyl (C=O) groups excluding carboxylic acids is 1. The second-order valence-corrected chi connectivity index (χ2v) is 9.89. The van der Waals surface area contributed by atoms with Gasteiger partial charge < -0.3 is 5.32 Å². The van der Waals surface area contributed by atoms with Gasteiger partial charge in [0.05, 0.1) is 11.3 Å². The Balaban J connectivity index is 1.65. The van der Waals surface area contributed by atoms with E-state index in [0.29, 0.717) is 38.5 Å². The number of thiophene rings is 1. The fraction of sp³-hybridized carbons (Fsp3) is 0.273. The van der Waals surface area contributed by atoms with Crippen LogP contribution in [0.5, 0.6) is 0 Å². The number of amides is 1. The predicted molar refractivity (Wildman–Crippen MR) is 129 cm³/mol. The van der Waals surface area contributed by atoms with Crippen LogP contribution in [0.4, 0.5) is 5.69 Å². The van der Waals surface area contributed by atoms with Crippen LogP contribution >= 0.6 is 34.7 Å². The molecule has 31 heavy (non-hydrogen) atoms. The standard InChI is InChI=1S/C22H21ClN4O2S2/c1-13(2)8-10-27-21(29)19-18(16-7-4-9-24-20(16)31-19)26-22(27)30-12-17(28)25-15-6-3-5-14(23)11-15/h3-7,9,11,13H,8,10,12H2,1-2H3,(H,25,28). The van der Waals surface area contributed by atoms with Crippen molar-refractivity contribution in [3.63, 3.8) is 0 Å². The van der Waals surface area contributed by atoms with Gasteiger partial charge in [0, 0.05) is 28.8 Å². The minimum atomic E-state index is -0.186. The number of nitrogens with zero attached hydrogens (tertiary/aromatic N) is 3. The molecule has 9 heteroatoms. The smallest absolute Gasteiger partial charge is 0.272 e. The Bertz CT molecular complexity index is 1320. The number of nitrogens with one attached hydrogen (secondary N) is 1. The second-order valence-electron chi connectivity index (χ2n) is 7.52. The monoisotopic (exact) mass is 472 g/mol. The van der Waals surface area contributed by atoms with Gasteiger partial charge in [-0.3, -0.25) is 14.2 Å². The zero-order valence-corrected chi connectivity index (χ0v) is 19.5. The fourth-order valence-electron chi connectivity index (χ4n) is 3.13. The molecule has 1 N–H and O–H groups in total. The first kappa shape index (κ1) is 21.8. The molecule has 0 saturated heterocycles. The van der Waals surface area contributed by atoms with Gasteiger partial charge in [0.2, 0.25) is 5.91 Å². The minimum absolute atomic E-state index is 0.0774. The van der Waals surface area contributed by atoms with E-state index in [0.717, 1.165) is 16.6 Å². The lowest BCUT2D eigenvalue weighted by Crippen LogP contribution is -2.24. The molecule has 160 valence electrons. The number of fused-ring (bicyclic) bond motifs is 3. The molecule has 6 nitrogen and oxygen atoms in total. The van der Waals surface area contributed by atoms with E-state index < -0.39 is 0 Å². The average Bonchev–Trinajstić information content (AvgIpc) is 3.10. The number of benzene rings is 1. The first-order valence-electron chi connectivity index (χ1n) is 9.88. The summed E-state index contributed by atoms with van der Waals surface area (Å²) in [5, 5.41) is 4.79. The van der Waals surface area contributed by atoms with Crippen LogP contribution in [0.2, 0.25) is 5.02 Å². The third-order valence-electron chi connectivity index (χ3n) is 4.69. The Hall–Kier alpha value is -2.42. The van der Waals surface area contributed by atoms with Crippen molar-refractivity contribution in [3.05, 3.63) is 58.0 Å². The maximum Gasteiger partial charge on any atom is 0.272 e. The van der Waals surface area contributed by atoms with E-state index in [9.17, 15) is 9.59 Å². The van der Waals surface area contributed by atoms with E-state index in [1.54, 1.807) is 35.0 Å². The van der Waals surface area contributed by atoms with Gasteiger partial charge in [0.25, 0.3) is 5.56 Å². The first-order valence-corrected chi connectivity index (χ1v) is 12.1. The summed E-state index contributed by atoms with van der Waals surface area (Å²) in [6.07, 6.45) is 2.56. The van der Waals surface area contributed by atoms with E-state index in [1.807, 2.05) is 12.1 Å². The molecule has 0 aliphatic heterocycles. The maximum atomic E-state index is 13.3. The molecule has 0 spiro atoms. The summed E-state index contributed by atoms with van der Waals surface area (Å²) >= 11 is 8.61. The van der Waals surface area contributed by atoms with E-state index in [4.69, 9.17) is 16.6 Å². The number of pyridine rings is 1.